The molecule has 6 heteroatoms. The quantitative estimate of drug-likeness (QED) is 0.653. The molecule has 1 heterocycles. The molecule has 1 amide bonds. The second kappa shape index (κ2) is 8.80. The second-order valence-electron chi connectivity index (χ2n) is 6.22. The van der Waals surface area contributed by atoms with Gasteiger partial charge in [0.1, 0.15) is 5.82 Å². The van der Waals surface area contributed by atoms with Crippen LogP contribution in [0.2, 0.25) is 5.02 Å². The molecule has 3 rings (SSSR count). The van der Waals surface area contributed by atoms with Gasteiger partial charge in [0.15, 0.2) is 0 Å². The molecule has 0 aromatic heterocycles. The highest BCUT2D eigenvalue weighted by atomic mass is 79.9. The summed E-state index contributed by atoms with van der Waals surface area (Å²) in [5.41, 5.74) is 1.61. The Kier molecular flexibility index (Phi) is 6.46. The Morgan fingerprint density at radius 2 is 1.81 bits per heavy atom. The van der Waals surface area contributed by atoms with Gasteiger partial charge in [-0.2, -0.15) is 0 Å². The number of piperazine rings is 1. The van der Waals surface area contributed by atoms with E-state index in [2.05, 4.69) is 20.8 Å². The third-order valence-corrected chi connectivity index (χ3v) is 5.15. The maximum atomic E-state index is 13.9. The molecule has 0 unspecified atom stereocenters. The zero-order valence-electron chi connectivity index (χ0n) is 14.2. The summed E-state index contributed by atoms with van der Waals surface area (Å²) in [6.07, 6.45) is 3.43. The monoisotopic (exact) mass is 436 g/mol. The van der Waals surface area contributed by atoms with Gasteiger partial charge in [0.25, 0.3) is 0 Å². The number of carbonyl (C=O) groups excluding carboxylic acids is 1. The van der Waals surface area contributed by atoms with E-state index in [1.165, 1.54) is 6.07 Å². The Labute approximate surface area is 166 Å². The van der Waals surface area contributed by atoms with Gasteiger partial charge in [-0.1, -0.05) is 45.7 Å². The van der Waals surface area contributed by atoms with Crippen molar-refractivity contribution < 1.29 is 9.18 Å². The summed E-state index contributed by atoms with van der Waals surface area (Å²) in [4.78, 5) is 16.3. The molecule has 1 aliphatic heterocycles. The van der Waals surface area contributed by atoms with Crippen molar-refractivity contribution in [3.8, 4) is 0 Å². The highest BCUT2D eigenvalue weighted by Crippen LogP contribution is 2.17. The van der Waals surface area contributed by atoms with Crippen LogP contribution in [0.25, 0.3) is 6.08 Å². The van der Waals surface area contributed by atoms with Crippen LogP contribution in [0.3, 0.4) is 0 Å². The Morgan fingerprint density at radius 3 is 2.46 bits per heavy atom. The van der Waals surface area contributed by atoms with Gasteiger partial charge in [0.05, 0.1) is 0 Å². The molecule has 0 N–H and O–H groups in total. The minimum absolute atomic E-state index is 0.00485. The summed E-state index contributed by atoms with van der Waals surface area (Å²) in [5, 5.41) is 0.402. The van der Waals surface area contributed by atoms with E-state index in [4.69, 9.17) is 11.6 Å². The molecule has 0 spiro atoms. The Morgan fingerprint density at radius 1 is 1.12 bits per heavy atom. The molecule has 1 saturated heterocycles. The van der Waals surface area contributed by atoms with Crippen molar-refractivity contribution >= 4 is 39.5 Å². The highest BCUT2D eigenvalue weighted by molar-refractivity contribution is 9.10. The molecule has 0 atom stereocenters. The van der Waals surface area contributed by atoms with Gasteiger partial charge in [-0.05, 0) is 35.9 Å². The largest absolute Gasteiger partial charge is 0.337 e. The molecule has 0 saturated carbocycles. The third-order valence-electron chi connectivity index (χ3n) is 4.38. The van der Waals surface area contributed by atoms with Crippen molar-refractivity contribution in [3.05, 3.63) is 75.0 Å². The zero-order valence-corrected chi connectivity index (χ0v) is 16.5. The number of amides is 1. The van der Waals surface area contributed by atoms with E-state index in [1.807, 2.05) is 35.2 Å². The molecule has 2 aromatic rings. The Balaban J connectivity index is 1.51. The first-order valence-electron chi connectivity index (χ1n) is 8.40. The summed E-state index contributed by atoms with van der Waals surface area (Å²) < 4.78 is 14.9. The van der Waals surface area contributed by atoms with Gasteiger partial charge >= 0.3 is 0 Å². The first-order chi connectivity index (χ1) is 12.5. The predicted octanol–water partition coefficient (Wildman–Crippen LogP) is 4.60. The van der Waals surface area contributed by atoms with E-state index >= 15 is 0 Å². The zero-order chi connectivity index (χ0) is 18.5. The van der Waals surface area contributed by atoms with E-state index in [-0.39, 0.29) is 11.7 Å². The maximum absolute atomic E-state index is 13.9. The first-order valence-corrected chi connectivity index (χ1v) is 9.57. The fraction of sp³-hybridized carbons (Fsp3) is 0.250. The highest BCUT2D eigenvalue weighted by Gasteiger charge is 2.20. The second-order valence-corrected chi connectivity index (χ2v) is 7.57. The molecule has 2 aromatic carbocycles. The van der Waals surface area contributed by atoms with Crippen molar-refractivity contribution in [2.24, 2.45) is 0 Å². The average Bonchev–Trinajstić information content (AvgIpc) is 2.64. The molecule has 26 heavy (non-hydrogen) atoms. The summed E-state index contributed by atoms with van der Waals surface area (Å²) >= 11 is 9.18. The lowest BCUT2D eigenvalue weighted by molar-refractivity contribution is -0.127. The lowest BCUT2D eigenvalue weighted by Crippen LogP contribution is -2.47. The van der Waals surface area contributed by atoms with E-state index in [0.717, 1.165) is 23.1 Å². The fourth-order valence-corrected chi connectivity index (χ4v) is 3.29. The van der Waals surface area contributed by atoms with Gasteiger partial charge < -0.3 is 4.90 Å². The first kappa shape index (κ1) is 19.1. The van der Waals surface area contributed by atoms with Crippen molar-refractivity contribution in [3.63, 3.8) is 0 Å². The predicted molar refractivity (Wildman–Crippen MR) is 106 cm³/mol. The number of carbonyl (C=O) groups is 1. The van der Waals surface area contributed by atoms with E-state index < -0.39 is 0 Å². The molecule has 0 bridgehead atoms. The van der Waals surface area contributed by atoms with Crippen molar-refractivity contribution in [2.45, 2.75) is 6.54 Å². The van der Waals surface area contributed by atoms with Crippen molar-refractivity contribution in [1.82, 2.24) is 9.80 Å². The van der Waals surface area contributed by atoms with E-state index in [9.17, 15) is 9.18 Å². The molecule has 1 fully saturated rings. The van der Waals surface area contributed by atoms with Gasteiger partial charge in [-0.3, -0.25) is 9.69 Å². The van der Waals surface area contributed by atoms with Crippen LogP contribution in [0.5, 0.6) is 0 Å². The number of benzene rings is 2. The van der Waals surface area contributed by atoms with Gasteiger partial charge in [0.2, 0.25) is 5.91 Å². The molecule has 136 valence electrons. The molecular formula is C20H19BrClFN2O. The molecule has 0 aliphatic carbocycles. The fourth-order valence-electron chi connectivity index (χ4n) is 2.86. The van der Waals surface area contributed by atoms with Crippen LogP contribution in [-0.2, 0) is 11.3 Å². The van der Waals surface area contributed by atoms with Crippen molar-refractivity contribution in [1.29, 1.82) is 0 Å². The van der Waals surface area contributed by atoms with Crippen LogP contribution in [0.15, 0.2) is 53.0 Å². The van der Waals surface area contributed by atoms with E-state index in [0.29, 0.717) is 30.2 Å². The van der Waals surface area contributed by atoms with Gasteiger partial charge in [0, 0.05) is 53.9 Å². The standard InChI is InChI=1S/C20H19BrClFN2O/c21-17-5-1-15(2-6-17)3-8-20(26)25-11-9-24(10-12-25)14-16-4-7-18(22)13-19(16)23/h1-8,13H,9-12,14H2/b8-3+. The normalized spacial score (nSPS) is 15.6. The van der Waals surface area contributed by atoms with Crippen LogP contribution >= 0.6 is 27.5 Å². The van der Waals surface area contributed by atoms with Crippen LogP contribution < -0.4 is 0 Å². The number of rotatable bonds is 4. The summed E-state index contributed by atoms with van der Waals surface area (Å²) in [6, 6.07) is 12.5. The van der Waals surface area contributed by atoms with Crippen LogP contribution in [-0.4, -0.2) is 41.9 Å². The van der Waals surface area contributed by atoms with Crippen LogP contribution in [0.1, 0.15) is 11.1 Å². The Bertz CT molecular complexity index is 802. The number of nitrogens with zero attached hydrogens (tertiary/aromatic N) is 2. The lowest BCUT2D eigenvalue weighted by Gasteiger charge is -2.34. The SMILES string of the molecule is O=C(/C=C/c1ccc(Br)cc1)N1CCN(Cc2ccc(Cl)cc2F)CC1. The number of hydrogen-bond acceptors (Lipinski definition) is 2. The third kappa shape index (κ3) is 5.16. The topological polar surface area (TPSA) is 23.6 Å². The van der Waals surface area contributed by atoms with Crippen LogP contribution in [0, 0.1) is 5.82 Å². The minimum Gasteiger partial charge on any atom is -0.337 e. The molecule has 1 aliphatic rings. The number of halogens is 3. The Hall–Kier alpha value is -1.69. The molecule has 3 nitrogen and oxygen atoms in total. The molecular weight excluding hydrogens is 419 g/mol. The van der Waals surface area contributed by atoms with E-state index in [1.54, 1.807) is 18.2 Å². The lowest BCUT2D eigenvalue weighted by atomic mass is 10.1. The number of hydrogen-bond donors (Lipinski definition) is 0. The van der Waals surface area contributed by atoms with Gasteiger partial charge in [-0.15, -0.1) is 0 Å². The van der Waals surface area contributed by atoms with Crippen LogP contribution in [0.4, 0.5) is 4.39 Å². The smallest absolute Gasteiger partial charge is 0.246 e. The summed E-state index contributed by atoms with van der Waals surface area (Å²) in [7, 11) is 0. The summed E-state index contributed by atoms with van der Waals surface area (Å²) in [5.74, 6) is -0.279. The summed E-state index contributed by atoms with van der Waals surface area (Å²) in [6.45, 7) is 3.25. The average molecular weight is 438 g/mol. The minimum atomic E-state index is -0.284. The van der Waals surface area contributed by atoms with Crippen molar-refractivity contribution in [2.75, 3.05) is 26.2 Å². The maximum Gasteiger partial charge on any atom is 0.246 e. The van der Waals surface area contributed by atoms with Gasteiger partial charge in [-0.25, -0.2) is 4.39 Å². The molecule has 0 radical (unpaired) electrons.